The van der Waals surface area contributed by atoms with Crippen LogP contribution in [0.4, 0.5) is 10.1 Å². The van der Waals surface area contributed by atoms with Crippen LogP contribution in [0.25, 0.3) is 0 Å². The molecule has 1 aromatic heterocycles. The van der Waals surface area contributed by atoms with Crippen LogP contribution in [-0.4, -0.2) is 23.3 Å². The van der Waals surface area contributed by atoms with Gasteiger partial charge in [0.15, 0.2) is 5.76 Å². The molecule has 1 aliphatic heterocycles. The minimum atomic E-state index is -0.334. The van der Waals surface area contributed by atoms with Gasteiger partial charge < -0.3 is 19.4 Å². The van der Waals surface area contributed by atoms with Crippen molar-refractivity contribution in [2.24, 2.45) is 5.92 Å². The minimum absolute atomic E-state index is 0.0890. The number of nitrogens with zero attached hydrogens (tertiary/aromatic N) is 1. The fourth-order valence-corrected chi connectivity index (χ4v) is 4.94. The predicted molar refractivity (Wildman–Crippen MR) is 140 cm³/mol. The third-order valence-corrected chi connectivity index (χ3v) is 7.04. The van der Waals surface area contributed by atoms with Crippen LogP contribution in [0.5, 0.6) is 5.75 Å². The molecule has 6 rings (SSSR count). The van der Waals surface area contributed by atoms with Gasteiger partial charge in [-0.3, -0.25) is 9.59 Å². The van der Waals surface area contributed by atoms with Crippen molar-refractivity contribution in [3.63, 3.8) is 0 Å². The van der Waals surface area contributed by atoms with Gasteiger partial charge in [0.25, 0.3) is 5.91 Å². The number of amides is 2. The molecular weight excluding hydrogens is 483 g/mol. The highest BCUT2D eigenvalue weighted by Crippen LogP contribution is 2.41. The number of carbonyl (C=O) groups excluding carboxylic acids is 2. The third-order valence-electron chi connectivity index (χ3n) is 7.04. The topological polar surface area (TPSA) is 71.8 Å². The summed E-state index contributed by atoms with van der Waals surface area (Å²) >= 11 is 0. The van der Waals surface area contributed by atoms with E-state index in [9.17, 15) is 14.0 Å². The molecule has 0 saturated heterocycles. The van der Waals surface area contributed by atoms with E-state index in [1.165, 1.54) is 12.1 Å². The van der Waals surface area contributed by atoms with Crippen molar-refractivity contribution in [2.75, 3.05) is 11.9 Å². The van der Waals surface area contributed by atoms with Crippen LogP contribution < -0.4 is 10.1 Å². The molecule has 0 radical (unpaired) electrons. The first kappa shape index (κ1) is 24.0. The summed E-state index contributed by atoms with van der Waals surface area (Å²) in [5.74, 6) is 0.948. The van der Waals surface area contributed by atoms with Gasteiger partial charge in [0.05, 0.1) is 6.04 Å². The second kappa shape index (κ2) is 10.2. The van der Waals surface area contributed by atoms with Gasteiger partial charge in [0.1, 0.15) is 23.9 Å². The lowest BCUT2D eigenvalue weighted by molar-refractivity contribution is -0.134. The summed E-state index contributed by atoms with van der Waals surface area (Å²) in [7, 11) is 0. The van der Waals surface area contributed by atoms with Crippen molar-refractivity contribution in [3.05, 3.63) is 119 Å². The molecule has 0 bridgehead atoms. The summed E-state index contributed by atoms with van der Waals surface area (Å²) in [6, 6.07) is 24.5. The summed E-state index contributed by atoms with van der Waals surface area (Å²) in [6.07, 6.45) is 2.61. The molecule has 1 unspecified atom stereocenters. The van der Waals surface area contributed by atoms with Gasteiger partial charge in [0.2, 0.25) is 5.91 Å². The van der Waals surface area contributed by atoms with Gasteiger partial charge in [-0.25, -0.2) is 4.39 Å². The van der Waals surface area contributed by atoms with Gasteiger partial charge in [-0.05, 0) is 84.5 Å². The Balaban J connectivity index is 1.20. The van der Waals surface area contributed by atoms with Crippen molar-refractivity contribution < 1.29 is 23.1 Å². The van der Waals surface area contributed by atoms with Crippen molar-refractivity contribution in [1.29, 1.82) is 0 Å². The Labute approximate surface area is 220 Å². The molecule has 1 atom stereocenters. The van der Waals surface area contributed by atoms with Gasteiger partial charge in [0, 0.05) is 18.2 Å². The number of anilines is 1. The van der Waals surface area contributed by atoms with E-state index in [-0.39, 0.29) is 42.0 Å². The van der Waals surface area contributed by atoms with Crippen LogP contribution in [0.1, 0.15) is 51.9 Å². The summed E-state index contributed by atoms with van der Waals surface area (Å²) in [6.45, 7) is 0.772. The molecule has 38 heavy (non-hydrogen) atoms. The Bertz CT molecular complexity index is 1460. The number of ether oxygens (including phenoxy) is 1. The number of carbonyl (C=O) groups is 2. The van der Waals surface area contributed by atoms with Gasteiger partial charge in [-0.1, -0.05) is 36.4 Å². The van der Waals surface area contributed by atoms with Crippen LogP contribution in [0.3, 0.4) is 0 Å². The van der Waals surface area contributed by atoms with Crippen molar-refractivity contribution in [1.82, 2.24) is 4.90 Å². The normalized spacial score (nSPS) is 16.6. The van der Waals surface area contributed by atoms with E-state index in [2.05, 4.69) is 5.32 Å². The molecule has 1 N–H and O–H groups in total. The van der Waals surface area contributed by atoms with Crippen molar-refractivity contribution in [3.8, 4) is 5.75 Å². The maximum atomic E-state index is 13.7. The zero-order valence-corrected chi connectivity index (χ0v) is 20.7. The first-order valence-electron chi connectivity index (χ1n) is 12.8. The molecule has 0 spiro atoms. The standard InChI is InChI=1S/C31H27FN2O4/c32-23-11-8-21(9-12-23)29-27-18-25(13-10-20(27)16-17-34(29)31(36)22-6-7-22)37-19-26-14-15-28(38-26)30(35)33-24-4-2-1-3-5-24/h1-5,8-15,18,22,29H,6-7,16-17,19H2,(H,33,35). The second-order valence-corrected chi connectivity index (χ2v) is 9.75. The Morgan fingerprint density at radius 3 is 2.53 bits per heavy atom. The maximum absolute atomic E-state index is 13.7. The molecule has 1 saturated carbocycles. The molecule has 2 amide bonds. The lowest BCUT2D eigenvalue weighted by atomic mass is 9.87. The van der Waals surface area contributed by atoms with E-state index in [0.717, 1.165) is 36.0 Å². The first-order valence-corrected chi connectivity index (χ1v) is 12.8. The van der Waals surface area contributed by atoms with Gasteiger partial charge >= 0.3 is 0 Å². The number of para-hydroxylation sites is 1. The Morgan fingerprint density at radius 1 is 0.974 bits per heavy atom. The van der Waals surface area contributed by atoms with E-state index in [0.29, 0.717) is 23.7 Å². The van der Waals surface area contributed by atoms with E-state index in [1.54, 1.807) is 36.4 Å². The molecular formula is C31H27FN2O4. The highest BCUT2D eigenvalue weighted by Gasteiger charge is 2.39. The lowest BCUT2D eigenvalue weighted by Gasteiger charge is -2.38. The molecule has 2 aliphatic rings. The number of halogens is 1. The average molecular weight is 511 g/mol. The number of fused-ring (bicyclic) bond motifs is 1. The molecule has 7 heteroatoms. The van der Waals surface area contributed by atoms with Crippen molar-refractivity contribution >= 4 is 17.5 Å². The number of hydrogen-bond acceptors (Lipinski definition) is 4. The van der Waals surface area contributed by atoms with E-state index < -0.39 is 0 Å². The largest absolute Gasteiger partial charge is 0.486 e. The monoisotopic (exact) mass is 510 g/mol. The lowest BCUT2D eigenvalue weighted by Crippen LogP contribution is -2.41. The molecule has 2 heterocycles. The first-order chi connectivity index (χ1) is 18.5. The smallest absolute Gasteiger partial charge is 0.291 e. The fourth-order valence-electron chi connectivity index (χ4n) is 4.94. The zero-order chi connectivity index (χ0) is 26.1. The minimum Gasteiger partial charge on any atom is -0.486 e. The van der Waals surface area contributed by atoms with E-state index in [1.807, 2.05) is 41.3 Å². The fraction of sp³-hybridized carbons (Fsp3) is 0.226. The van der Waals surface area contributed by atoms with Crippen molar-refractivity contribution in [2.45, 2.75) is 31.9 Å². The molecule has 192 valence electrons. The van der Waals surface area contributed by atoms with E-state index in [4.69, 9.17) is 9.15 Å². The molecule has 4 aromatic rings. The Hall–Kier alpha value is -4.39. The number of nitrogens with one attached hydrogen (secondary N) is 1. The molecule has 6 nitrogen and oxygen atoms in total. The van der Waals surface area contributed by atoms with Crippen LogP contribution >= 0.6 is 0 Å². The number of benzene rings is 3. The average Bonchev–Trinajstić information content (AvgIpc) is 3.69. The molecule has 1 fully saturated rings. The number of hydrogen-bond donors (Lipinski definition) is 1. The van der Waals surface area contributed by atoms with Gasteiger partial charge in [-0.2, -0.15) is 0 Å². The predicted octanol–water partition coefficient (Wildman–Crippen LogP) is 6.13. The summed E-state index contributed by atoms with van der Waals surface area (Å²) in [5.41, 5.74) is 3.69. The summed E-state index contributed by atoms with van der Waals surface area (Å²) in [4.78, 5) is 27.6. The highest BCUT2D eigenvalue weighted by molar-refractivity contribution is 6.02. The molecule has 3 aromatic carbocycles. The maximum Gasteiger partial charge on any atom is 0.291 e. The van der Waals surface area contributed by atoms with Crippen LogP contribution in [0.2, 0.25) is 0 Å². The SMILES string of the molecule is O=C(Nc1ccccc1)c1ccc(COc2ccc3c(c2)C(c2ccc(F)cc2)N(C(=O)C2CC2)CC3)o1. The summed E-state index contributed by atoms with van der Waals surface area (Å²) in [5, 5.41) is 2.80. The van der Waals surface area contributed by atoms with Crippen LogP contribution in [-0.2, 0) is 17.8 Å². The van der Waals surface area contributed by atoms with Gasteiger partial charge in [-0.15, -0.1) is 0 Å². The quantitative estimate of drug-likeness (QED) is 0.325. The van der Waals surface area contributed by atoms with E-state index >= 15 is 0 Å². The third kappa shape index (κ3) is 5.05. The zero-order valence-electron chi connectivity index (χ0n) is 20.7. The Kier molecular flexibility index (Phi) is 6.42. The molecule has 1 aliphatic carbocycles. The highest BCUT2D eigenvalue weighted by atomic mass is 19.1. The Morgan fingerprint density at radius 2 is 1.76 bits per heavy atom. The second-order valence-electron chi connectivity index (χ2n) is 9.75. The number of rotatable bonds is 7. The summed E-state index contributed by atoms with van der Waals surface area (Å²) < 4.78 is 25.4. The van der Waals surface area contributed by atoms with Crippen LogP contribution in [0.15, 0.2) is 89.3 Å². The number of furan rings is 1. The van der Waals surface area contributed by atoms with Crippen LogP contribution in [0, 0.1) is 11.7 Å².